The highest BCUT2D eigenvalue weighted by Gasteiger charge is 2.26. The normalized spacial score (nSPS) is 18.8. The van der Waals surface area contributed by atoms with Crippen molar-refractivity contribution in [2.24, 2.45) is 0 Å². The molecule has 0 amide bonds. The molecule has 0 saturated heterocycles. The summed E-state index contributed by atoms with van der Waals surface area (Å²) in [6, 6.07) is 5.81. The van der Waals surface area contributed by atoms with Crippen LogP contribution in [0.3, 0.4) is 0 Å². The number of carbonyl (C=O) groups is 1. The van der Waals surface area contributed by atoms with E-state index in [0.717, 1.165) is 35.9 Å². The molecule has 1 aliphatic rings. The van der Waals surface area contributed by atoms with Gasteiger partial charge in [-0.3, -0.25) is 4.79 Å². The lowest BCUT2D eigenvalue weighted by molar-refractivity contribution is -0.137. The molecule has 0 bridgehead atoms. The Bertz CT molecular complexity index is 618. The number of hydrogen-bond acceptors (Lipinski definition) is 1. The zero-order valence-electron chi connectivity index (χ0n) is 9.87. The van der Waals surface area contributed by atoms with E-state index in [4.69, 9.17) is 16.7 Å². The number of nitrogens with one attached hydrogen (secondary N) is 1. The topological polar surface area (TPSA) is 53.1 Å². The van der Waals surface area contributed by atoms with E-state index < -0.39 is 5.97 Å². The van der Waals surface area contributed by atoms with Crippen molar-refractivity contribution >= 4 is 28.5 Å². The first-order valence-corrected chi connectivity index (χ1v) is 6.55. The Labute approximate surface area is 110 Å². The third-order valence-corrected chi connectivity index (χ3v) is 4.03. The summed E-state index contributed by atoms with van der Waals surface area (Å²) in [5.41, 5.74) is 3.28. The van der Waals surface area contributed by atoms with E-state index in [-0.39, 0.29) is 12.3 Å². The van der Waals surface area contributed by atoms with E-state index in [1.165, 1.54) is 5.56 Å². The molecule has 0 saturated carbocycles. The molecule has 1 heterocycles. The van der Waals surface area contributed by atoms with Crippen molar-refractivity contribution in [1.82, 2.24) is 4.98 Å². The number of aromatic amines is 1. The molecule has 0 aliphatic heterocycles. The lowest BCUT2D eigenvalue weighted by Crippen LogP contribution is -2.12. The molecular weight excluding hydrogens is 250 g/mol. The van der Waals surface area contributed by atoms with E-state index in [0.29, 0.717) is 5.02 Å². The molecule has 0 radical (unpaired) electrons. The predicted octanol–water partition coefficient (Wildman–Crippen LogP) is 3.72. The highest BCUT2D eigenvalue weighted by Crippen LogP contribution is 2.40. The molecule has 0 spiro atoms. The Kier molecular flexibility index (Phi) is 2.78. The quantitative estimate of drug-likeness (QED) is 0.868. The maximum absolute atomic E-state index is 11.0. The van der Waals surface area contributed by atoms with Crippen LogP contribution in [0.5, 0.6) is 0 Å². The number of para-hydroxylation sites is 1. The number of fused-ring (bicyclic) bond motifs is 3. The molecule has 1 aliphatic carbocycles. The van der Waals surface area contributed by atoms with Crippen LogP contribution in [-0.2, 0) is 11.2 Å². The van der Waals surface area contributed by atoms with Gasteiger partial charge in [-0.05, 0) is 36.8 Å². The molecule has 1 aromatic heterocycles. The largest absolute Gasteiger partial charge is 0.481 e. The number of H-pyrrole nitrogens is 1. The van der Waals surface area contributed by atoms with E-state index in [1.807, 2.05) is 18.2 Å². The SMILES string of the molecule is O=C(O)CC1CCCc2[nH]c3c(Cl)cccc3c21. The molecule has 1 aromatic carbocycles. The Morgan fingerprint density at radius 1 is 1.50 bits per heavy atom. The molecular formula is C14H14ClNO2. The highest BCUT2D eigenvalue weighted by molar-refractivity contribution is 6.35. The fourth-order valence-corrected chi connectivity index (χ4v) is 3.23. The third-order valence-electron chi connectivity index (χ3n) is 3.71. The number of rotatable bonds is 2. The zero-order chi connectivity index (χ0) is 12.7. The first-order chi connectivity index (χ1) is 8.66. The third kappa shape index (κ3) is 1.79. The molecule has 1 unspecified atom stereocenters. The van der Waals surface area contributed by atoms with Gasteiger partial charge in [-0.1, -0.05) is 23.7 Å². The molecule has 18 heavy (non-hydrogen) atoms. The van der Waals surface area contributed by atoms with Crippen LogP contribution in [-0.4, -0.2) is 16.1 Å². The molecule has 2 N–H and O–H groups in total. The highest BCUT2D eigenvalue weighted by atomic mass is 35.5. The summed E-state index contributed by atoms with van der Waals surface area (Å²) in [4.78, 5) is 14.3. The Balaban J connectivity index is 2.18. The van der Waals surface area contributed by atoms with Gasteiger partial charge in [-0.2, -0.15) is 0 Å². The van der Waals surface area contributed by atoms with Gasteiger partial charge in [-0.25, -0.2) is 0 Å². The molecule has 2 aromatic rings. The Morgan fingerprint density at radius 3 is 3.11 bits per heavy atom. The number of carboxylic acid groups (broad SMARTS) is 1. The summed E-state index contributed by atoms with van der Waals surface area (Å²) < 4.78 is 0. The first-order valence-electron chi connectivity index (χ1n) is 6.17. The van der Waals surface area contributed by atoms with Gasteiger partial charge in [0.05, 0.1) is 17.0 Å². The van der Waals surface area contributed by atoms with Gasteiger partial charge in [0.25, 0.3) is 0 Å². The maximum atomic E-state index is 11.0. The minimum atomic E-state index is -0.732. The number of halogens is 1. The monoisotopic (exact) mass is 263 g/mol. The second-order valence-electron chi connectivity index (χ2n) is 4.87. The van der Waals surface area contributed by atoms with Crippen LogP contribution in [0.25, 0.3) is 10.9 Å². The maximum Gasteiger partial charge on any atom is 0.303 e. The Morgan fingerprint density at radius 2 is 2.33 bits per heavy atom. The number of aromatic nitrogens is 1. The lowest BCUT2D eigenvalue weighted by atomic mass is 9.83. The summed E-state index contributed by atoms with van der Waals surface area (Å²) in [5.74, 6) is -0.623. The lowest BCUT2D eigenvalue weighted by Gasteiger charge is -2.21. The predicted molar refractivity (Wildman–Crippen MR) is 71.2 cm³/mol. The van der Waals surface area contributed by atoms with Crippen LogP contribution in [0.4, 0.5) is 0 Å². The van der Waals surface area contributed by atoms with E-state index in [1.54, 1.807) is 0 Å². The van der Waals surface area contributed by atoms with Gasteiger partial charge >= 0.3 is 5.97 Å². The average Bonchev–Trinajstić information content (AvgIpc) is 2.69. The van der Waals surface area contributed by atoms with Crippen molar-refractivity contribution < 1.29 is 9.90 Å². The van der Waals surface area contributed by atoms with Crippen molar-refractivity contribution in [3.05, 3.63) is 34.5 Å². The minimum Gasteiger partial charge on any atom is -0.481 e. The smallest absolute Gasteiger partial charge is 0.303 e. The van der Waals surface area contributed by atoms with E-state index in [9.17, 15) is 4.79 Å². The summed E-state index contributed by atoms with van der Waals surface area (Å²) in [6.45, 7) is 0. The van der Waals surface area contributed by atoms with Crippen molar-refractivity contribution in [3.8, 4) is 0 Å². The fourth-order valence-electron chi connectivity index (χ4n) is 3.00. The van der Waals surface area contributed by atoms with E-state index >= 15 is 0 Å². The number of benzene rings is 1. The standard InChI is InChI=1S/C14H14ClNO2/c15-10-5-2-4-9-13-8(7-12(17)18)3-1-6-11(13)16-14(9)10/h2,4-5,8,16H,1,3,6-7H2,(H,17,18). The summed E-state index contributed by atoms with van der Waals surface area (Å²) >= 11 is 6.18. The molecule has 3 nitrogen and oxygen atoms in total. The second-order valence-corrected chi connectivity index (χ2v) is 5.27. The molecule has 94 valence electrons. The van der Waals surface area contributed by atoms with Crippen molar-refractivity contribution in [3.63, 3.8) is 0 Å². The Hall–Kier alpha value is -1.48. The van der Waals surface area contributed by atoms with Gasteiger partial charge in [0.15, 0.2) is 0 Å². The van der Waals surface area contributed by atoms with E-state index in [2.05, 4.69) is 4.98 Å². The second kappa shape index (κ2) is 4.32. The number of aryl methyl sites for hydroxylation is 1. The van der Waals surface area contributed by atoms with Gasteiger partial charge in [0.1, 0.15) is 0 Å². The number of carboxylic acids is 1. The van der Waals surface area contributed by atoms with Crippen LogP contribution < -0.4 is 0 Å². The van der Waals surface area contributed by atoms with Crippen molar-refractivity contribution in [1.29, 1.82) is 0 Å². The summed E-state index contributed by atoms with van der Waals surface area (Å²) in [5, 5.41) is 10.8. The van der Waals surface area contributed by atoms with Gasteiger partial charge in [0.2, 0.25) is 0 Å². The van der Waals surface area contributed by atoms with Crippen LogP contribution in [0, 0.1) is 0 Å². The van der Waals surface area contributed by atoms with Crippen LogP contribution in [0.1, 0.15) is 36.4 Å². The molecule has 4 heteroatoms. The fraction of sp³-hybridized carbons (Fsp3) is 0.357. The summed E-state index contributed by atoms with van der Waals surface area (Å²) in [6.07, 6.45) is 3.16. The molecule has 3 rings (SSSR count). The number of hydrogen-bond donors (Lipinski definition) is 2. The van der Waals surface area contributed by atoms with Crippen LogP contribution >= 0.6 is 11.6 Å². The van der Waals surface area contributed by atoms with Gasteiger partial charge in [-0.15, -0.1) is 0 Å². The molecule has 1 atom stereocenters. The van der Waals surface area contributed by atoms with Gasteiger partial charge < -0.3 is 10.1 Å². The van der Waals surface area contributed by atoms with Crippen molar-refractivity contribution in [2.75, 3.05) is 0 Å². The van der Waals surface area contributed by atoms with Crippen LogP contribution in [0.2, 0.25) is 5.02 Å². The average molecular weight is 264 g/mol. The van der Waals surface area contributed by atoms with Crippen molar-refractivity contribution in [2.45, 2.75) is 31.6 Å². The number of aliphatic carboxylic acids is 1. The first kappa shape index (κ1) is 11.6. The molecule has 0 fully saturated rings. The van der Waals surface area contributed by atoms with Gasteiger partial charge in [0, 0.05) is 11.1 Å². The van der Waals surface area contributed by atoms with Crippen LogP contribution in [0.15, 0.2) is 18.2 Å². The summed E-state index contributed by atoms with van der Waals surface area (Å²) in [7, 11) is 0. The zero-order valence-corrected chi connectivity index (χ0v) is 10.6. The minimum absolute atomic E-state index is 0.110.